The fourth-order valence-electron chi connectivity index (χ4n) is 1.56. The molecule has 2 N–H and O–H groups in total. The van der Waals surface area contributed by atoms with E-state index in [9.17, 15) is 9.90 Å². The molecular formula is C13H17Cl2NO3. The van der Waals surface area contributed by atoms with Crippen molar-refractivity contribution in [2.75, 3.05) is 20.3 Å². The lowest BCUT2D eigenvalue weighted by Crippen LogP contribution is -2.28. The van der Waals surface area contributed by atoms with Gasteiger partial charge in [-0.1, -0.05) is 23.2 Å². The van der Waals surface area contributed by atoms with E-state index < -0.39 is 6.10 Å². The highest BCUT2D eigenvalue weighted by atomic mass is 35.5. The molecule has 0 saturated carbocycles. The Morgan fingerprint density at radius 1 is 1.37 bits per heavy atom. The molecule has 106 valence electrons. The molecule has 0 spiro atoms. The van der Waals surface area contributed by atoms with Crippen LogP contribution in [0.1, 0.15) is 24.5 Å². The van der Waals surface area contributed by atoms with Crippen molar-refractivity contribution in [2.45, 2.75) is 18.9 Å². The zero-order valence-corrected chi connectivity index (χ0v) is 12.2. The maximum atomic E-state index is 11.5. The van der Waals surface area contributed by atoms with E-state index in [1.807, 2.05) is 0 Å². The van der Waals surface area contributed by atoms with Crippen molar-refractivity contribution in [3.63, 3.8) is 0 Å². The largest absolute Gasteiger partial charge is 0.387 e. The fourth-order valence-corrected chi connectivity index (χ4v) is 2.10. The predicted octanol–water partition coefficient (Wildman–Crippen LogP) is 2.57. The highest BCUT2D eigenvalue weighted by Crippen LogP contribution is 2.23. The molecule has 0 bridgehead atoms. The smallest absolute Gasteiger partial charge is 0.220 e. The normalized spacial score (nSPS) is 12.2. The molecule has 0 fully saturated rings. The van der Waals surface area contributed by atoms with E-state index in [0.717, 1.165) is 0 Å². The summed E-state index contributed by atoms with van der Waals surface area (Å²) in [5.74, 6) is -0.121. The molecule has 1 rings (SSSR count). The Morgan fingerprint density at radius 3 is 2.58 bits per heavy atom. The third kappa shape index (κ3) is 6.25. The molecule has 1 aromatic rings. The van der Waals surface area contributed by atoms with Gasteiger partial charge in [-0.05, 0) is 30.2 Å². The monoisotopic (exact) mass is 305 g/mol. The van der Waals surface area contributed by atoms with Crippen LogP contribution in [0.5, 0.6) is 0 Å². The van der Waals surface area contributed by atoms with Crippen molar-refractivity contribution in [3.05, 3.63) is 33.8 Å². The fraction of sp³-hybridized carbons (Fsp3) is 0.462. The molecule has 0 aliphatic heterocycles. The van der Waals surface area contributed by atoms with Gasteiger partial charge in [-0.2, -0.15) is 0 Å². The number of amides is 1. The lowest BCUT2D eigenvalue weighted by atomic mass is 10.1. The van der Waals surface area contributed by atoms with Gasteiger partial charge in [0, 0.05) is 36.7 Å². The summed E-state index contributed by atoms with van der Waals surface area (Å²) in [6.07, 6.45) is 0.195. The van der Waals surface area contributed by atoms with Crippen LogP contribution in [0.25, 0.3) is 0 Å². The molecule has 6 heteroatoms. The number of ether oxygens (including phenoxy) is 1. The van der Waals surface area contributed by atoms with Gasteiger partial charge in [0.1, 0.15) is 0 Å². The number of benzene rings is 1. The Bertz CT molecular complexity index is 406. The van der Waals surface area contributed by atoms with Crippen molar-refractivity contribution in [1.29, 1.82) is 0 Å². The predicted molar refractivity (Wildman–Crippen MR) is 75.5 cm³/mol. The van der Waals surface area contributed by atoms with Crippen LogP contribution in [0.4, 0.5) is 0 Å². The van der Waals surface area contributed by atoms with Crippen LogP contribution in [0.3, 0.4) is 0 Å². The van der Waals surface area contributed by atoms with E-state index in [-0.39, 0.29) is 12.5 Å². The molecular weight excluding hydrogens is 289 g/mol. The lowest BCUT2D eigenvalue weighted by Gasteiger charge is -2.13. The zero-order chi connectivity index (χ0) is 14.3. The first-order valence-corrected chi connectivity index (χ1v) is 6.68. The summed E-state index contributed by atoms with van der Waals surface area (Å²) in [6.45, 7) is 0.669. The van der Waals surface area contributed by atoms with Crippen LogP contribution in [-0.4, -0.2) is 31.3 Å². The Hall–Kier alpha value is -0.810. The minimum absolute atomic E-state index is 0.121. The Labute approximate surface area is 122 Å². The summed E-state index contributed by atoms with van der Waals surface area (Å²) in [5.41, 5.74) is 0.578. The summed E-state index contributed by atoms with van der Waals surface area (Å²) < 4.78 is 4.85. The summed E-state index contributed by atoms with van der Waals surface area (Å²) in [7, 11) is 1.59. The van der Waals surface area contributed by atoms with Gasteiger partial charge < -0.3 is 15.2 Å². The number of aliphatic hydroxyl groups is 1. The second-order valence-corrected chi connectivity index (χ2v) is 4.99. The van der Waals surface area contributed by atoms with Crippen molar-refractivity contribution in [3.8, 4) is 0 Å². The van der Waals surface area contributed by atoms with Gasteiger partial charge in [-0.3, -0.25) is 4.79 Å². The molecule has 1 atom stereocenters. The average molecular weight is 306 g/mol. The number of carbonyl (C=O) groups is 1. The number of halogens is 2. The molecule has 1 aromatic carbocycles. The summed E-state index contributed by atoms with van der Waals surface area (Å²) in [5, 5.41) is 13.5. The highest BCUT2D eigenvalue weighted by Gasteiger charge is 2.11. The average Bonchev–Trinajstić information content (AvgIpc) is 2.35. The standard InChI is InChI=1S/C13H17Cl2NO3/c1-19-4-2-3-13(18)16-8-12(17)9-5-10(14)7-11(15)6-9/h5-7,12,17H,2-4,8H2,1H3,(H,16,18). The first-order valence-electron chi connectivity index (χ1n) is 5.92. The summed E-state index contributed by atoms with van der Waals surface area (Å²) in [6, 6.07) is 4.83. The molecule has 0 saturated heterocycles. The molecule has 19 heavy (non-hydrogen) atoms. The molecule has 0 aromatic heterocycles. The number of carbonyl (C=O) groups excluding carboxylic acids is 1. The van der Waals surface area contributed by atoms with E-state index in [4.69, 9.17) is 27.9 Å². The Kier molecular flexibility index (Phi) is 7.16. The quantitative estimate of drug-likeness (QED) is 0.761. The van der Waals surface area contributed by atoms with E-state index in [0.29, 0.717) is 35.1 Å². The van der Waals surface area contributed by atoms with Gasteiger partial charge in [-0.15, -0.1) is 0 Å². The van der Waals surface area contributed by atoms with Gasteiger partial charge in [0.15, 0.2) is 0 Å². The Morgan fingerprint density at radius 2 is 2.00 bits per heavy atom. The maximum absolute atomic E-state index is 11.5. The van der Waals surface area contributed by atoms with Gasteiger partial charge in [0.05, 0.1) is 6.10 Å². The summed E-state index contributed by atoms with van der Waals surface area (Å²) >= 11 is 11.7. The van der Waals surface area contributed by atoms with E-state index >= 15 is 0 Å². The number of hydrogen-bond donors (Lipinski definition) is 2. The highest BCUT2D eigenvalue weighted by molar-refractivity contribution is 6.34. The second kappa shape index (κ2) is 8.38. The molecule has 0 aliphatic rings. The number of hydrogen-bond acceptors (Lipinski definition) is 3. The van der Waals surface area contributed by atoms with Crippen molar-refractivity contribution in [2.24, 2.45) is 0 Å². The van der Waals surface area contributed by atoms with E-state index in [2.05, 4.69) is 5.32 Å². The summed E-state index contributed by atoms with van der Waals surface area (Å²) in [4.78, 5) is 11.5. The number of methoxy groups -OCH3 is 1. The van der Waals surface area contributed by atoms with E-state index in [1.165, 1.54) is 0 Å². The SMILES string of the molecule is COCCCC(=O)NCC(O)c1cc(Cl)cc(Cl)c1. The van der Waals surface area contributed by atoms with Crippen LogP contribution in [0, 0.1) is 0 Å². The minimum atomic E-state index is -0.831. The molecule has 4 nitrogen and oxygen atoms in total. The van der Waals surface area contributed by atoms with Crippen LogP contribution in [0.2, 0.25) is 10.0 Å². The van der Waals surface area contributed by atoms with Crippen LogP contribution < -0.4 is 5.32 Å². The van der Waals surface area contributed by atoms with E-state index in [1.54, 1.807) is 25.3 Å². The van der Waals surface area contributed by atoms with Crippen molar-refractivity contribution in [1.82, 2.24) is 5.32 Å². The van der Waals surface area contributed by atoms with Crippen LogP contribution >= 0.6 is 23.2 Å². The van der Waals surface area contributed by atoms with Gasteiger partial charge in [-0.25, -0.2) is 0 Å². The lowest BCUT2D eigenvalue weighted by molar-refractivity contribution is -0.121. The topological polar surface area (TPSA) is 58.6 Å². The zero-order valence-electron chi connectivity index (χ0n) is 10.7. The number of nitrogens with one attached hydrogen (secondary N) is 1. The molecule has 1 unspecified atom stereocenters. The van der Waals surface area contributed by atoms with Crippen LogP contribution in [0.15, 0.2) is 18.2 Å². The minimum Gasteiger partial charge on any atom is -0.387 e. The van der Waals surface area contributed by atoms with Crippen molar-refractivity contribution < 1.29 is 14.6 Å². The number of aliphatic hydroxyl groups excluding tert-OH is 1. The first-order chi connectivity index (χ1) is 9.02. The first kappa shape index (κ1) is 16.2. The maximum Gasteiger partial charge on any atom is 0.220 e. The number of rotatable bonds is 7. The molecule has 0 aliphatic carbocycles. The van der Waals surface area contributed by atoms with Crippen molar-refractivity contribution >= 4 is 29.1 Å². The molecule has 1 amide bonds. The third-order valence-electron chi connectivity index (χ3n) is 2.51. The second-order valence-electron chi connectivity index (χ2n) is 4.12. The van der Waals surface area contributed by atoms with Gasteiger partial charge in [0.2, 0.25) is 5.91 Å². The molecule has 0 heterocycles. The molecule has 0 radical (unpaired) electrons. The van der Waals surface area contributed by atoms with Crippen LogP contribution in [-0.2, 0) is 9.53 Å². The van der Waals surface area contributed by atoms with Gasteiger partial charge in [0.25, 0.3) is 0 Å². The Balaban J connectivity index is 2.42. The van der Waals surface area contributed by atoms with Gasteiger partial charge >= 0.3 is 0 Å². The third-order valence-corrected chi connectivity index (χ3v) is 2.95.